The Morgan fingerprint density at radius 1 is 1.15 bits per heavy atom. The summed E-state index contributed by atoms with van der Waals surface area (Å²) in [5.41, 5.74) is 2.74. The number of halogens is 2. The van der Waals surface area contributed by atoms with Crippen LogP contribution in [-0.2, 0) is 0 Å². The Hall–Kier alpha value is -3.13. The first-order chi connectivity index (χ1) is 16.0. The van der Waals surface area contributed by atoms with Crippen molar-refractivity contribution in [3.05, 3.63) is 71.2 Å². The van der Waals surface area contributed by atoms with Crippen molar-refractivity contribution in [2.24, 2.45) is 5.92 Å². The fraction of sp³-hybridized carbons (Fsp3) is 0.320. The molecule has 2 aliphatic carbocycles. The number of para-hydroxylation sites is 1. The van der Waals surface area contributed by atoms with Crippen molar-refractivity contribution in [1.29, 1.82) is 0 Å². The van der Waals surface area contributed by atoms with Gasteiger partial charge in [-0.05, 0) is 43.0 Å². The van der Waals surface area contributed by atoms with Gasteiger partial charge in [0.1, 0.15) is 27.2 Å². The second-order valence-corrected chi connectivity index (χ2v) is 9.63. The summed E-state index contributed by atoms with van der Waals surface area (Å²) in [6.45, 7) is 1.86. The number of nitrogens with one attached hydrogen (secondary N) is 1. The van der Waals surface area contributed by atoms with E-state index in [0.717, 1.165) is 29.8 Å². The lowest BCUT2D eigenvalue weighted by Crippen LogP contribution is -2.11. The molecule has 1 saturated carbocycles. The molecule has 8 heteroatoms. The summed E-state index contributed by atoms with van der Waals surface area (Å²) in [6.07, 6.45) is 11.7. The molecule has 1 aromatic carbocycles. The molecule has 1 amide bonds. The van der Waals surface area contributed by atoms with Gasteiger partial charge >= 0.3 is 0 Å². The molecule has 5 rings (SSSR count). The highest BCUT2D eigenvalue weighted by molar-refractivity contribution is 7.17. The van der Waals surface area contributed by atoms with Gasteiger partial charge in [-0.2, -0.15) is 0 Å². The summed E-state index contributed by atoms with van der Waals surface area (Å²) < 4.78 is 30.1. The van der Waals surface area contributed by atoms with Gasteiger partial charge in [0.25, 0.3) is 5.91 Å². The van der Waals surface area contributed by atoms with E-state index >= 15 is 0 Å². The first-order valence-electron chi connectivity index (χ1n) is 11.2. The van der Waals surface area contributed by atoms with E-state index in [1.807, 2.05) is 13.3 Å². The predicted octanol–water partition coefficient (Wildman–Crippen LogP) is 6.79. The average Bonchev–Trinajstić information content (AvgIpc) is 3.57. The molecule has 170 valence electrons. The fourth-order valence-electron chi connectivity index (χ4n) is 4.52. The molecule has 1 N–H and O–H groups in total. The van der Waals surface area contributed by atoms with Crippen LogP contribution in [0.3, 0.4) is 0 Å². The van der Waals surface area contributed by atoms with Crippen molar-refractivity contribution in [2.75, 3.05) is 5.32 Å². The summed E-state index contributed by atoms with van der Waals surface area (Å²) in [5, 5.41) is 3.29. The molecule has 0 aliphatic heterocycles. The number of anilines is 1. The van der Waals surface area contributed by atoms with E-state index in [4.69, 9.17) is 4.98 Å². The van der Waals surface area contributed by atoms with Crippen LogP contribution in [0.2, 0.25) is 0 Å². The van der Waals surface area contributed by atoms with Gasteiger partial charge in [-0.25, -0.2) is 18.7 Å². The molecule has 1 fully saturated rings. The summed E-state index contributed by atoms with van der Waals surface area (Å²) in [7, 11) is 0. The van der Waals surface area contributed by atoms with Gasteiger partial charge in [0.2, 0.25) is 0 Å². The minimum absolute atomic E-state index is 0.128. The first-order valence-corrected chi connectivity index (χ1v) is 12.0. The van der Waals surface area contributed by atoms with Crippen LogP contribution in [0.1, 0.15) is 60.4 Å². The van der Waals surface area contributed by atoms with Crippen molar-refractivity contribution in [3.8, 4) is 10.7 Å². The molecule has 0 saturated heterocycles. The van der Waals surface area contributed by atoms with E-state index in [-0.39, 0.29) is 17.4 Å². The molecule has 3 aromatic rings. The van der Waals surface area contributed by atoms with Crippen LogP contribution in [0.4, 0.5) is 14.5 Å². The lowest BCUT2D eigenvalue weighted by molar-refractivity contribution is 0.103. The van der Waals surface area contributed by atoms with E-state index in [9.17, 15) is 13.6 Å². The Bertz CT molecular complexity index is 1250. The molecule has 1 unspecified atom stereocenters. The maximum atomic E-state index is 14.0. The van der Waals surface area contributed by atoms with E-state index in [1.54, 1.807) is 18.2 Å². The summed E-state index contributed by atoms with van der Waals surface area (Å²) in [5.74, 6) is -1.23. The number of amides is 1. The van der Waals surface area contributed by atoms with Crippen molar-refractivity contribution in [2.45, 2.75) is 45.1 Å². The van der Waals surface area contributed by atoms with E-state index in [0.29, 0.717) is 22.3 Å². The van der Waals surface area contributed by atoms with Gasteiger partial charge in [-0.1, -0.05) is 38.0 Å². The van der Waals surface area contributed by atoms with Crippen LogP contribution in [0.15, 0.2) is 54.8 Å². The molecule has 5 nitrogen and oxygen atoms in total. The number of nitrogens with zero attached hydrogens (tertiary/aromatic N) is 3. The zero-order chi connectivity index (χ0) is 22.9. The first kappa shape index (κ1) is 21.7. The smallest absolute Gasteiger partial charge is 0.267 e. The molecule has 2 aliphatic rings. The Morgan fingerprint density at radius 2 is 1.94 bits per heavy atom. The average molecular weight is 467 g/mol. The maximum absolute atomic E-state index is 14.0. The minimum atomic E-state index is -0.490. The second-order valence-electron chi connectivity index (χ2n) is 8.60. The maximum Gasteiger partial charge on any atom is 0.267 e. The molecule has 0 radical (unpaired) electrons. The van der Waals surface area contributed by atoms with Gasteiger partial charge in [0.05, 0.1) is 23.9 Å². The Labute approximate surface area is 194 Å². The van der Waals surface area contributed by atoms with Crippen LogP contribution in [0.25, 0.3) is 16.3 Å². The normalized spacial score (nSPS) is 18.8. The molecular weight excluding hydrogens is 442 g/mol. The van der Waals surface area contributed by atoms with Crippen molar-refractivity contribution in [1.82, 2.24) is 14.5 Å². The molecule has 0 spiro atoms. The minimum Gasteiger partial charge on any atom is -0.325 e. The number of carbonyl (C=O) groups excluding carboxylic acids is 1. The number of imidazole rings is 1. The molecule has 2 heterocycles. The highest BCUT2D eigenvalue weighted by Crippen LogP contribution is 2.41. The Morgan fingerprint density at radius 3 is 2.70 bits per heavy atom. The number of thiazole rings is 1. The van der Waals surface area contributed by atoms with Gasteiger partial charge in [0.15, 0.2) is 0 Å². The highest BCUT2D eigenvalue weighted by Gasteiger charge is 2.28. The molecule has 0 bridgehead atoms. The van der Waals surface area contributed by atoms with Crippen LogP contribution in [0, 0.1) is 11.7 Å². The van der Waals surface area contributed by atoms with E-state index in [2.05, 4.69) is 14.9 Å². The number of benzene rings is 1. The van der Waals surface area contributed by atoms with Crippen LogP contribution in [-0.4, -0.2) is 20.4 Å². The number of aromatic nitrogens is 3. The van der Waals surface area contributed by atoms with Gasteiger partial charge in [-0.3, -0.25) is 4.79 Å². The molecule has 33 heavy (non-hydrogen) atoms. The Kier molecular flexibility index (Phi) is 5.93. The predicted molar refractivity (Wildman–Crippen MR) is 126 cm³/mol. The van der Waals surface area contributed by atoms with Gasteiger partial charge in [0, 0.05) is 12.0 Å². The van der Waals surface area contributed by atoms with Crippen molar-refractivity contribution in [3.63, 3.8) is 0 Å². The summed E-state index contributed by atoms with van der Waals surface area (Å²) in [4.78, 5) is 22.4. The molecule has 1 atom stereocenters. The third-order valence-corrected chi connectivity index (χ3v) is 7.31. The number of allylic oxidation sites excluding steroid dienone is 4. The number of hydrogen-bond acceptors (Lipinski definition) is 4. The van der Waals surface area contributed by atoms with E-state index in [1.165, 1.54) is 48.6 Å². The van der Waals surface area contributed by atoms with Crippen LogP contribution >= 0.6 is 11.3 Å². The standard InChI is InChI=1S/C25H24F2N4OS/c1-15-12-16(10-11-18(15)26)22-23(31(14-29-22)17-6-2-3-7-17)25-28-13-21(33-25)24(32)30-20-9-5-4-8-19(20)27/h4-5,8-11,13-15,17H,2-3,6-7,12H2,1H3,(H,30,32). The zero-order valence-corrected chi connectivity index (χ0v) is 19.0. The lowest BCUT2D eigenvalue weighted by Gasteiger charge is -2.18. The fourth-order valence-corrected chi connectivity index (χ4v) is 5.38. The van der Waals surface area contributed by atoms with Crippen LogP contribution < -0.4 is 5.32 Å². The Balaban J connectivity index is 1.51. The monoisotopic (exact) mass is 466 g/mol. The number of hydrogen-bond donors (Lipinski definition) is 1. The molecule has 2 aromatic heterocycles. The largest absolute Gasteiger partial charge is 0.325 e. The quantitative estimate of drug-likeness (QED) is 0.450. The third-order valence-electron chi connectivity index (χ3n) is 6.31. The van der Waals surface area contributed by atoms with E-state index < -0.39 is 11.7 Å². The van der Waals surface area contributed by atoms with Crippen molar-refractivity contribution >= 4 is 28.5 Å². The summed E-state index contributed by atoms with van der Waals surface area (Å²) >= 11 is 1.25. The SMILES string of the molecule is CC1CC(c2ncn(C3CCCC3)c2-c2ncc(C(=O)Nc3ccccc3F)s2)=CC=C1F. The van der Waals surface area contributed by atoms with Gasteiger partial charge < -0.3 is 9.88 Å². The summed E-state index contributed by atoms with van der Waals surface area (Å²) in [6, 6.07) is 6.39. The second kappa shape index (κ2) is 9.02. The topological polar surface area (TPSA) is 59.8 Å². The molecular formula is C25H24F2N4OS. The van der Waals surface area contributed by atoms with Crippen molar-refractivity contribution < 1.29 is 13.6 Å². The third kappa shape index (κ3) is 4.27. The number of carbonyl (C=O) groups is 1. The number of rotatable bonds is 5. The zero-order valence-electron chi connectivity index (χ0n) is 18.2. The van der Waals surface area contributed by atoms with Crippen LogP contribution in [0.5, 0.6) is 0 Å². The van der Waals surface area contributed by atoms with Gasteiger partial charge in [-0.15, -0.1) is 11.3 Å². The lowest BCUT2D eigenvalue weighted by atomic mass is 9.92. The highest BCUT2D eigenvalue weighted by atomic mass is 32.1.